The van der Waals surface area contributed by atoms with Gasteiger partial charge in [-0.15, -0.1) is 0 Å². The van der Waals surface area contributed by atoms with Gasteiger partial charge in [0.25, 0.3) is 5.91 Å². The van der Waals surface area contributed by atoms with Gasteiger partial charge in [0.2, 0.25) is 0 Å². The van der Waals surface area contributed by atoms with Crippen LogP contribution in [0.15, 0.2) is 36.7 Å². The summed E-state index contributed by atoms with van der Waals surface area (Å²) in [5, 5.41) is 2.68. The monoisotopic (exact) mass is 259 g/mol. The molecule has 1 heterocycles. The third kappa shape index (κ3) is 2.95. The minimum Gasteiger partial charge on any atom is -0.326 e. The molecule has 2 rings (SSSR count). The van der Waals surface area contributed by atoms with E-state index in [1.54, 1.807) is 6.07 Å². The van der Waals surface area contributed by atoms with Gasteiger partial charge in [-0.3, -0.25) is 9.78 Å². The predicted molar refractivity (Wildman–Crippen MR) is 71.2 cm³/mol. The van der Waals surface area contributed by atoms with E-state index in [2.05, 4.69) is 10.3 Å². The molecule has 5 heteroatoms. The van der Waals surface area contributed by atoms with Crippen LogP contribution >= 0.6 is 0 Å². The molecule has 0 atom stereocenters. The topological polar surface area (TPSA) is 68.0 Å². The van der Waals surface area contributed by atoms with Crippen LogP contribution in [0.5, 0.6) is 0 Å². The van der Waals surface area contributed by atoms with Crippen LogP contribution in [-0.4, -0.2) is 10.9 Å². The average Bonchev–Trinajstić information content (AvgIpc) is 2.41. The average molecular weight is 259 g/mol. The normalized spacial score (nSPS) is 10.3. The smallest absolute Gasteiger partial charge is 0.258 e. The van der Waals surface area contributed by atoms with E-state index in [1.165, 1.54) is 12.3 Å². The number of anilines is 1. The number of carbonyl (C=O) groups is 1. The van der Waals surface area contributed by atoms with E-state index in [0.29, 0.717) is 12.2 Å². The summed E-state index contributed by atoms with van der Waals surface area (Å²) >= 11 is 0. The first-order valence-electron chi connectivity index (χ1n) is 5.82. The predicted octanol–water partition coefficient (Wildman–Crippen LogP) is 2.24. The maximum atomic E-state index is 13.4. The largest absolute Gasteiger partial charge is 0.326 e. The second kappa shape index (κ2) is 5.58. The standard InChI is InChI=1S/C14H14FN3O/c1-9-2-3-10(7-16)6-13(9)18-14(19)11-4-5-17-8-12(11)15/h2-6,8H,7,16H2,1H3,(H,18,19). The minimum absolute atomic E-state index is 0.0347. The fraction of sp³-hybridized carbons (Fsp3) is 0.143. The Morgan fingerprint density at radius 2 is 2.21 bits per heavy atom. The van der Waals surface area contributed by atoms with E-state index in [-0.39, 0.29) is 5.56 Å². The van der Waals surface area contributed by atoms with E-state index < -0.39 is 11.7 Å². The molecule has 0 saturated heterocycles. The second-order valence-corrected chi connectivity index (χ2v) is 4.16. The molecule has 98 valence electrons. The number of carbonyl (C=O) groups excluding carboxylic acids is 1. The van der Waals surface area contributed by atoms with Gasteiger partial charge in [-0.2, -0.15) is 0 Å². The lowest BCUT2D eigenvalue weighted by Crippen LogP contribution is -2.15. The number of aromatic nitrogens is 1. The first-order valence-corrected chi connectivity index (χ1v) is 5.82. The molecular formula is C14H14FN3O. The highest BCUT2D eigenvalue weighted by Gasteiger charge is 2.12. The molecule has 0 saturated carbocycles. The van der Waals surface area contributed by atoms with Gasteiger partial charge in [-0.05, 0) is 30.2 Å². The van der Waals surface area contributed by atoms with Crippen molar-refractivity contribution in [3.05, 3.63) is 59.2 Å². The van der Waals surface area contributed by atoms with Crippen LogP contribution in [-0.2, 0) is 6.54 Å². The summed E-state index contributed by atoms with van der Waals surface area (Å²) in [5.74, 6) is -1.15. The molecule has 0 radical (unpaired) electrons. The third-order valence-corrected chi connectivity index (χ3v) is 2.80. The van der Waals surface area contributed by atoms with Gasteiger partial charge in [0.1, 0.15) is 0 Å². The molecule has 1 aromatic heterocycles. The number of halogens is 1. The van der Waals surface area contributed by atoms with E-state index in [4.69, 9.17) is 5.73 Å². The van der Waals surface area contributed by atoms with Gasteiger partial charge in [-0.25, -0.2) is 4.39 Å². The summed E-state index contributed by atoms with van der Waals surface area (Å²) in [6, 6.07) is 6.87. The SMILES string of the molecule is Cc1ccc(CN)cc1NC(=O)c1ccncc1F. The zero-order valence-electron chi connectivity index (χ0n) is 10.5. The van der Waals surface area contributed by atoms with Crippen LogP contribution in [0.3, 0.4) is 0 Å². The highest BCUT2D eigenvalue weighted by Crippen LogP contribution is 2.18. The van der Waals surface area contributed by atoms with E-state index in [1.807, 2.05) is 19.1 Å². The Morgan fingerprint density at radius 3 is 2.89 bits per heavy atom. The molecule has 0 aliphatic rings. The van der Waals surface area contributed by atoms with Crippen molar-refractivity contribution in [3.63, 3.8) is 0 Å². The number of rotatable bonds is 3. The molecule has 0 fully saturated rings. The van der Waals surface area contributed by atoms with Gasteiger partial charge in [-0.1, -0.05) is 12.1 Å². The summed E-state index contributed by atoms with van der Waals surface area (Å²) in [7, 11) is 0. The Labute approximate surface area is 110 Å². The first-order chi connectivity index (χ1) is 9.11. The van der Waals surface area contributed by atoms with Crippen molar-refractivity contribution in [2.75, 3.05) is 5.32 Å². The lowest BCUT2D eigenvalue weighted by molar-refractivity contribution is 0.102. The molecule has 0 aliphatic carbocycles. The van der Waals surface area contributed by atoms with E-state index >= 15 is 0 Å². The maximum Gasteiger partial charge on any atom is 0.258 e. The van der Waals surface area contributed by atoms with Crippen molar-refractivity contribution in [3.8, 4) is 0 Å². The number of pyridine rings is 1. The second-order valence-electron chi connectivity index (χ2n) is 4.16. The highest BCUT2D eigenvalue weighted by molar-refractivity contribution is 6.04. The Hall–Kier alpha value is -2.27. The lowest BCUT2D eigenvalue weighted by atomic mass is 10.1. The molecule has 1 aromatic carbocycles. The fourth-order valence-corrected chi connectivity index (χ4v) is 1.68. The van der Waals surface area contributed by atoms with Crippen molar-refractivity contribution in [2.24, 2.45) is 5.73 Å². The summed E-state index contributed by atoms with van der Waals surface area (Å²) < 4.78 is 13.4. The van der Waals surface area contributed by atoms with Crippen LogP contribution in [0.1, 0.15) is 21.5 Å². The lowest BCUT2D eigenvalue weighted by Gasteiger charge is -2.10. The maximum absolute atomic E-state index is 13.4. The molecule has 0 bridgehead atoms. The number of benzene rings is 1. The number of nitrogens with two attached hydrogens (primary N) is 1. The summed E-state index contributed by atoms with van der Waals surface area (Å²) in [4.78, 5) is 15.6. The number of amides is 1. The number of aryl methyl sites for hydroxylation is 1. The number of hydrogen-bond donors (Lipinski definition) is 2. The fourth-order valence-electron chi connectivity index (χ4n) is 1.68. The van der Waals surface area contributed by atoms with Crippen molar-refractivity contribution in [1.82, 2.24) is 4.98 Å². The molecule has 19 heavy (non-hydrogen) atoms. The van der Waals surface area contributed by atoms with Gasteiger partial charge in [0.05, 0.1) is 11.8 Å². The van der Waals surface area contributed by atoms with Crippen LogP contribution in [0.2, 0.25) is 0 Å². The van der Waals surface area contributed by atoms with Crippen molar-refractivity contribution < 1.29 is 9.18 Å². The summed E-state index contributed by atoms with van der Waals surface area (Å²) in [6.07, 6.45) is 2.39. The van der Waals surface area contributed by atoms with Crippen LogP contribution in [0.25, 0.3) is 0 Å². The van der Waals surface area contributed by atoms with Gasteiger partial charge in [0, 0.05) is 18.4 Å². The van der Waals surface area contributed by atoms with Gasteiger partial charge < -0.3 is 11.1 Å². The number of hydrogen-bond acceptors (Lipinski definition) is 3. The zero-order valence-corrected chi connectivity index (χ0v) is 10.5. The van der Waals surface area contributed by atoms with Gasteiger partial charge >= 0.3 is 0 Å². The molecule has 2 aromatic rings. The quantitative estimate of drug-likeness (QED) is 0.888. The minimum atomic E-state index is -0.646. The Morgan fingerprint density at radius 1 is 1.42 bits per heavy atom. The molecule has 3 N–H and O–H groups in total. The molecule has 4 nitrogen and oxygen atoms in total. The highest BCUT2D eigenvalue weighted by atomic mass is 19.1. The summed E-state index contributed by atoms with van der Waals surface area (Å²) in [5.41, 5.74) is 7.94. The Bertz CT molecular complexity index is 613. The molecule has 0 spiro atoms. The molecular weight excluding hydrogens is 245 g/mol. The third-order valence-electron chi connectivity index (χ3n) is 2.80. The number of nitrogens with one attached hydrogen (secondary N) is 1. The zero-order chi connectivity index (χ0) is 13.8. The first kappa shape index (κ1) is 13.2. The van der Waals surface area contributed by atoms with E-state index in [0.717, 1.165) is 17.3 Å². The van der Waals surface area contributed by atoms with Crippen LogP contribution in [0.4, 0.5) is 10.1 Å². The molecule has 0 aliphatic heterocycles. The molecule has 1 amide bonds. The van der Waals surface area contributed by atoms with Crippen molar-refractivity contribution in [2.45, 2.75) is 13.5 Å². The van der Waals surface area contributed by atoms with Crippen LogP contribution < -0.4 is 11.1 Å². The van der Waals surface area contributed by atoms with Crippen molar-refractivity contribution >= 4 is 11.6 Å². The Balaban J connectivity index is 2.26. The van der Waals surface area contributed by atoms with Crippen LogP contribution in [0, 0.1) is 12.7 Å². The van der Waals surface area contributed by atoms with E-state index in [9.17, 15) is 9.18 Å². The summed E-state index contributed by atoms with van der Waals surface area (Å²) in [6.45, 7) is 2.24. The van der Waals surface area contributed by atoms with Crippen molar-refractivity contribution in [1.29, 1.82) is 0 Å². The molecule has 0 unspecified atom stereocenters. The number of nitrogens with zero attached hydrogens (tertiary/aromatic N) is 1. The Kier molecular flexibility index (Phi) is 3.87. The van der Waals surface area contributed by atoms with Gasteiger partial charge in [0.15, 0.2) is 5.82 Å².